The second kappa shape index (κ2) is 8.88. The molecule has 2 nitrogen and oxygen atoms in total. The molecular weight excluding hydrogens is 194 g/mol. The molecule has 1 unspecified atom stereocenters. The second-order valence-electron chi connectivity index (χ2n) is 3.01. The number of thioether (sulfide) groups is 1. The fourth-order valence-corrected chi connectivity index (χ4v) is 1.23. The molecule has 0 N–H and O–H groups in total. The van der Waals surface area contributed by atoms with Crippen molar-refractivity contribution >= 4 is 17.0 Å². The summed E-state index contributed by atoms with van der Waals surface area (Å²) in [5.41, 5.74) is 0. The van der Waals surface area contributed by atoms with Crippen molar-refractivity contribution in [2.24, 2.45) is 10.9 Å². The Morgan fingerprint density at radius 2 is 2.29 bits per heavy atom. The molecule has 0 radical (unpaired) electrons. The first-order valence-corrected chi connectivity index (χ1v) is 5.71. The third kappa shape index (κ3) is 6.78. The van der Waals surface area contributed by atoms with Crippen molar-refractivity contribution in [1.82, 2.24) is 0 Å². The summed E-state index contributed by atoms with van der Waals surface area (Å²) in [4.78, 5) is 3.99. The molecule has 0 aliphatic rings. The van der Waals surface area contributed by atoms with Gasteiger partial charge in [-0.25, -0.2) is 4.99 Å². The van der Waals surface area contributed by atoms with E-state index in [-0.39, 0.29) is 0 Å². The van der Waals surface area contributed by atoms with Crippen LogP contribution in [0.2, 0.25) is 0 Å². The number of hydrogen-bond acceptors (Lipinski definition) is 3. The van der Waals surface area contributed by atoms with Crippen molar-refractivity contribution in [3.05, 3.63) is 24.8 Å². The average molecular weight is 213 g/mol. The van der Waals surface area contributed by atoms with Crippen LogP contribution in [0.15, 0.2) is 29.8 Å². The van der Waals surface area contributed by atoms with Crippen molar-refractivity contribution < 1.29 is 4.74 Å². The third-order valence-corrected chi connectivity index (χ3v) is 2.51. The van der Waals surface area contributed by atoms with Crippen molar-refractivity contribution in [3.8, 4) is 0 Å². The Labute approximate surface area is 91.1 Å². The predicted octanol–water partition coefficient (Wildman–Crippen LogP) is 3.82. The molecule has 0 saturated heterocycles. The zero-order valence-corrected chi connectivity index (χ0v) is 9.85. The third-order valence-electron chi connectivity index (χ3n) is 1.91. The molecule has 80 valence electrons. The van der Waals surface area contributed by atoms with Gasteiger partial charge in [0.1, 0.15) is 0 Å². The smallest absolute Gasteiger partial charge is 0.254 e. The van der Waals surface area contributed by atoms with Crippen LogP contribution in [-0.4, -0.2) is 11.8 Å². The Morgan fingerprint density at radius 1 is 1.57 bits per heavy atom. The van der Waals surface area contributed by atoms with Crippen LogP contribution in [0.3, 0.4) is 0 Å². The highest BCUT2D eigenvalue weighted by Gasteiger charge is 2.01. The molecule has 0 aliphatic carbocycles. The van der Waals surface area contributed by atoms with Gasteiger partial charge in [-0.05, 0) is 29.5 Å². The molecule has 0 rings (SSSR count). The van der Waals surface area contributed by atoms with Gasteiger partial charge in [-0.1, -0.05) is 33.4 Å². The SMILES string of the molecule is C=C/N=C(/OCCC(C)CC)SC=C. The predicted molar refractivity (Wildman–Crippen MR) is 65.4 cm³/mol. The molecule has 1 atom stereocenters. The van der Waals surface area contributed by atoms with Crippen molar-refractivity contribution in [2.75, 3.05) is 6.61 Å². The van der Waals surface area contributed by atoms with Crippen molar-refractivity contribution in [3.63, 3.8) is 0 Å². The van der Waals surface area contributed by atoms with Gasteiger partial charge < -0.3 is 4.74 Å². The van der Waals surface area contributed by atoms with Gasteiger partial charge in [0.05, 0.1) is 6.61 Å². The maximum atomic E-state index is 5.47. The molecule has 0 heterocycles. The van der Waals surface area contributed by atoms with E-state index in [1.165, 1.54) is 24.4 Å². The summed E-state index contributed by atoms with van der Waals surface area (Å²) in [5.74, 6) is 0.703. The topological polar surface area (TPSA) is 21.6 Å². The second-order valence-corrected chi connectivity index (χ2v) is 3.93. The summed E-state index contributed by atoms with van der Waals surface area (Å²) in [7, 11) is 0. The monoisotopic (exact) mass is 213 g/mol. The van der Waals surface area contributed by atoms with Gasteiger partial charge in [-0.2, -0.15) is 0 Å². The lowest BCUT2D eigenvalue weighted by atomic mass is 10.1. The Balaban J connectivity index is 3.76. The fraction of sp³-hybridized carbons (Fsp3) is 0.545. The van der Waals surface area contributed by atoms with Gasteiger partial charge in [-0.3, -0.25) is 0 Å². The summed E-state index contributed by atoms with van der Waals surface area (Å²) >= 11 is 1.38. The lowest BCUT2D eigenvalue weighted by molar-refractivity contribution is 0.278. The van der Waals surface area contributed by atoms with E-state index < -0.39 is 0 Å². The first kappa shape index (κ1) is 13.3. The van der Waals surface area contributed by atoms with Crippen LogP contribution in [0.1, 0.15) is 26.7 Å². The molecule has 0 fully saturated rings. The Morgan fingerprint density at radius 3 is 2.79 bits per heavy atom. The van der Waals surface area contributed by atoms with Crippen LogP contribution in [-0.2, 0) is 4.74 Å². The minimum atomic E-state index is 0.623. The number of hydrogen-bond donors (Lipinski definition) is 0. The highest BCUT2D eigenvalue weighted by atomic mass is 32.2. The molecule has 0 spiro atoms. The molecule has 3 heteroatoms. The average Bonchev–Trinajstić information content (AvgIpc) is 2.18. The maximum Gasteiger partial charge on any atom is 0.254 e. The van der Waals surface area contributed by atoms with Crippen molar-refractivity contribution in [1.29, 1.82) is 0 Å². The molecule has 14 heavy (non-hydrogen) atoms. The first-order valence-electron chi connectivity index (χ1n) is 4.83. The van der Waals surface area contributed by atoms with Gasteiger partial charge in [-0.15, -0.1) is 0 Å². The molecular formula is C11H19NOS. The summed E-state index contributed by atoms with van der Waals surface area (Å²) in [5, 5.41) is 2.32. The molecule has 0 saturated carbocycles. The van der Waals surface area contributed by atoms with Crippen LogP contribution < -0.4 is 0 Å². The molecule has 0 aliphatic heterocycles. The van der Waals surface area contributed by atoms with E-state index in [0.717, 1.165) is 6.42 Å². The van der Waals surface area contributed by atoms with Crippen LogP contribution in [0.4, 0.5) is 0 Å². The van der Waals surface area contributed by atoms with Gasteiger partial charge in [0.25, 0.3) is 5.23 Å². The first-order chi connectivity index (χ1) is 6.74. The summed E-state index contributed by atoms with van der Waals surface area (Å²) in [6.07, 6.45) is 3.73. The minimum Gasteiger partial charge on any atom is -0.473 e. The van der Waals surface area contributed by atoms with Crippen LogP contribution in [0, 0.1) is 5.92 Å². The van der Waals surface area contributed by atoms with E-state index in [1.807, 2.05) is 0 Å². The van der Waals surface area contributed by atoms with Gasteiger partial charge >= 0.3 is 0 Å². The fourth-order valence-electron chi connectivity index (χ4n) is 0.799. The highest BCUT2D eigenvalue weighted by Crippen LogP contribution is 2.10. The Kier molecular flexibility index (Phi) is 8.43. The number of nitrogens with zero attached hydrogens (tertiary/aromatic N) is 1. The zero-order valence-electron chi connectivity index (χ0n) is 9.03. The standard InChI is InChI=1S/C11H19NOS/c1-5-10(4)8-9-13-11(12-6-2)14-7-3/h6-7,10H,2-3,5,8-9H2,1,4H3/b12-11-. The summed E-state index contributed by atoms with van der Waals surface area (Å²) < 4.78 is 5.47. The van der Waals surface area contributed by atoms with E-state index in [2.05, 4.69) is 32.0 Å². The number of rotatable bonds is 6. The van der Waals surface area contributed by atoms with E-state index in [9.17, 15) is 0 Å². The zero-order chi connectivity index (χ0) is 10.8. The summed E-state index contributed by atoms with van der Waals surface area (Å²) in [6, 6.07) is 0. The van der Waals surface area contributed by atoms with E-state index in [1.54, 1.807) is 5.41 Å². The molecule has 0 amide bonds. The molecule has 0 aromatic heterocycles. The molecule has 0 bridgehead atoms. The quantitative estimate of drug-likeness (QED) is 0.494. The Hall–Kier alpha value is -0.700. The lowest BCUT2D eigenvalue weighted by Gasteiger charge is -2.09. The molecule has 0 aromatic carbocycles. The van der Waals surface area contributed by atoms with Crippen LogP contribution in [0.25, 0.3) is 0 Å². The molecule has 0 aromatic rings. The van der Waals surface area contributed by atoms with Gasteiger partial charge in [0.2, 0.25) is 0 Å². The van der Waals surface area contributed by atoms with Gasteiger partial charge in [0.15, 0.2) is 0 Å². The minimum absolute atomic E-state index is 0.623. The summed E-state index contributed by atoms with van der Waals surface area (Å²) in [6.45, 7) is 12.2. The Bertz CT molecular complexity index is 201. The van der Waals surface area contributed by atoms with Gasteiger partial charge in [0, 0.05) is 6.20 Å². The van der Waals surface area contributed by atoms with Crippen LogP contribution in [0.5, 0.6) is 0 Å². The van der Waals surface area contributed by atoms with E-state index >= 15 is 0 Å². The van der Waals surface area contributed by atoms with Crippen LogP contribution >= 0.6 is 11.8 Å². The van der Waals surface area contributed by atoms with E-state index in [0.29, 0.717) is 17.8 Å². The normalized spacial score (nSPS) is 13.4. The van der Waals surface area contributed by atoms with E-state index in [4.69, 9.17) is 4.74 Å². The largest absolute Gasteiger partial charge is 0.473 e. The maximum absolute atomic E-state index is 5.47. The highest BCUT2D eigenvalue weighted by molar-refractivity contribution is 8.16. The van der Waals surface area contributed by atoms with Crippen molar-refractivity contribution in [2.45, 2.75) is 26.7 Å². The number of ether oxygens (including phenoxy) is 1. The number of aliphatic imine (C=N–C) groups is 1. The lowest BCUT2D eigenvalue weighted by Crippen LogP contribution is -2.04.